The topological polar surface area (TPSA) is 71.1 Å². The van der Waals surface area contributed by atoms with Gasteiger partial charge in [0.15, 0.2) is 0 Å². The average molecular weight is 312 g/mol. The molecule has 2 rings (SSSR count). The van der Waals surface area contributed by atoms with Crippen molar-refractivity contribution in [2.24, 2.45) is 0 Å². The Bertz CT molecular complexity index is 341. The molecule has 0 aromatic carbocycles. The monoisotopic (exact) mass is 312 g/mol. The van der Waals surface area contributed by atoms with Crippen LogP contribution in [0.3, 0.4) is 0 Å². The van der Waals surface area contributed by atoms with Crippen molar-refractivity contribution < 1.29 is 54.9 Å². The first kappa shape index (κ1) is 16.2. The van der Waals surface area contributed by atoms with E-state index < -0.39 is 50.1 Å². The zero-order chi connectivity index (χ0) is 15.6. The Morgan fingerprint density at radius 2 is 1.05 bits per heavy atom. The number of alkyl halides is 6. The van der Waals surface area contributed by atoms with Crippen LogP contribution in [0.5, 0.6) is 0 Å². The van der Waals surface area contributed by atoms with Crippen molar-refractivity contribution in [2.75, 3.05) is 13.2 Å². The lowest BCUT2D eigenvalue weighted by Crippen LogP contribution is -2.30. The fourth-order valence-corrected chi connectivity index (χ4v) is 0.978. The molecule has 2 aliphatic heterocycles. The summed E-state index contributed by atoms with van der Waals surface area (Å²) in [6, 6.07) is 0. The normalized spacial score (nSPS) is 25.9. The molecule has 20 heavy (non-hydrogen) atoms. The summed E-state index contributed by atoms with van der Waals surface area (Å²) in [7, 11) is 0. The highest BCUT2D eigenvalue weighted by molar-refractivity contribution is 5.62. The number of halogens is 6. The minimum Gasteiger partial charge on any atom is -0.430 e. The fraction of sp³-hybridized carbons (Fsp3) is 0.750. The standard InChI is InChI=1S/2C4H3F3O3/c2*5-4(6,7)2-1-9-3(8)10-2/h2*2H,1H2. The van der Waals surface area contributed by atoms with Crippen LogP contribution in [0.1, 0.15) is 0 Å². The highest BCUT2D eigenvalue weighted by atomic mass is 19.4. The second-order valence-electron chi connectivity index (χ2n) is 3.42. The molecule has 116 valence electrons. The molecule has 12 heteroatoms. The van der Waals surface area contributed by atoms with E-state index in [1.165, 1.54) is 0 Å². The second kappa shape index (κ2) is 5.63. The van der Waals surface area contributed by atoms with Crippen molar-refractivity contribution in [3.8, 4) is 0 Å². The molecule has 2 heterocycles. The molecule has 0 N–H and O–H groups in total. The van der Waals surface area contributed by atoms with Crippen LogP contribution in [0, 0.1) is 0 Å². The number of hydrogen-bond donors (Lipinski definition) is 0. The number of cyclic esters (lactones) is 4. The van der Waals surface area contributed by atoms with Crippen LogP contribution in [0.4, 0.5) is 35.9 Å². The third kappa shape index (κ3) is 4.66. The molecule has 0 aromatic heterocycles. The second-order valence-corrected chi connectivity index (χ2v) is 3.42. The maximum absolute atomic E-state index is 11.6. The molecule has 2 saturated heterocycles. The van der Waals surface area contributed by atoms with Crippen LogP contribution in [0.25, 0.3) is 0 Å². The number of carbonyl (C=O) groups is 2. The Kier molecular flexibility index (Phi) is 4.55. The molecule has 0 radical (unpaired) electrons. The smallest absolute Gasteiger partial charge is 0.430 e. The zero-order valence-corrected chi connectivity index (χ0v) is 9.29. The third-order valence-corrected chi connectivity index (χ3v) is 1.91. The van der Waals surface area contributed by atoms with E-state index in [4.69, 9.17) is 0 Å². The van der Waals surface area contributed by atoms with Gasteiger partial charge in [-0.05, 0) is 0 Å². The van der Waals surface area contributed by atoms with Gasteiger partial charge in [0.1, 0.15) is 13.2 Å². The molecule has 0 bridgehead atoms. The van der Waals surface area contributed by atoms with Crippen molar-refractivity contribution in [3.63, 3.8) is 0 Å². The van der Waals surface area contributed by atoms with Gasteiger partial charge in [-0.2, -0.15) is 26.3 Å². The molecular weight excluding hydrogens is 306 g/mol. The van der Waals surface area contributed by atoms with E-state index in [0.717, 1.165) is 0 Å². The number of ether oxygens (including phenoxy) is 4. The highest BCUT2D eigenvalue weighted by Gasteiger charge is 2.48. The van der Waals surface area contributed by atoms with E-state index >= 15 is 0 Å². The quantitative estimate of drug-likeness (QED) is 0.504. The highest BCUT2D eigenvalue weighted by Crippen LogP contribution is 2.27. The van der Waals surface area contributed by atoms with Crippen LogP contribution in [-0.4, -0.2) is 50.1 Å². The Hall–Kier alpha value is -1.88. The summed E-state index contributed by atoms with van der Waals surface area (Å²) in [5.41, 5.74) is 0. The van der Waals surface area contributed by atoms with Gasteiger partial charge in [-0.15, -0.1) is 0 Å². The first-order chi connectivity index (χ1) is 9.00. The summed E-state index contributed by atoms with van der Waals surface area (Å²) in [6.45, 7) is -1.47. The predicted molar refractivity (Wildman–Crippen MR) is 44.6 cm³/mol. The summed E-state index contributed by atoms with van der Waals surface area (Å²) >= 11 is 0. The van der Waals surface area contributed by atoms with E-state index in [9.17, 15) is 35.9 Å². The number of carbonyl (C=O) groups excluding carboxylic acids is 2. The van der Waals surface area contributed by atoms with Gasteiger partial charge in [-0.1, -0.05) is 0 Å². The zero-order valence-electron chi connectivity index (χ0n) is 9.29. The molecule has 6 nitrogen and oxygen atoms in total. The van der Waals surface area contributed by atoms with E-state index in [2.05, 4.69) is 18.9 Å². The molecule has 2 atom stereocenters. The van der Waals surface area contributed by atoms with Crippen molar-refractivity contribution >= 4 is 12.3 Å². The molecule has 0 aromatic rings. The molecule has 2 unspecified atom stereocenters. The van der Waals surface area contributed by atoms with E-state index in [0.29, 0.717) is 0 Å². The molecule has 0 saturated carbocycles. The largest absolute Gasteiger partial charge is 0.509 e. The first-order valence-corrected chi connectivity index (χ1v) is 4.80. The Morgan fingerprint density at radius 1 is 0.750 bits per heavy atom. The minimum absolute atomic E-state index is 0.734. The van der Waals surface area contributed by atoms with Gasteiger partial charge in [-0.25, -0.2) is 9.59 Å². The summed E-state index contributed by atoms with van der Waals surface area (Å²) in [6.07, 6.45) is -15.7. The molecular formula is C8H6F6O6. The maximum Gasteiger partial charge on any atom is 0.509 e. The SMILES string of the molecule is O=C1OCC(C(F)(F)F)O1.O=C1OCC(C(F)(F)F)O1. The summed E-state index contributed by atoms with van der Waals surface area (Å²) in [4.78, 5) is 19.9. The lowest BCUT2D eigenvalue weighted by atomic mass is 10.4. The van der Waals surface area contributed by atoms with Gasteiger partial charge in [0, 0.05) is 0 Å². The van der Waals surface area contributed by atoms with Crippen molar-refractivity contribution in [1.29, 1.82) is 0 Å². The van der Waals surface area contributed by atoms with Crippen LogP contribution < -0.4 is 0 Å². The molecule has 0 spiro atoms. The minimum atomic E-state index is -4.51. The van der Waals surface area contributed by atoms with Crippen LogP contribution >= 0.6 is 0 Å². The van der Waals surface area contributed by atoms with Crippen LogP contribution in [0.15, 0.2) is 0 Å². The van der Waals surface area contributed by atoms with Gasteiger partial charge in [0.05, 0.1) is 0 Å². The first-order valence-electron chi connectivity index (χ1n) is 4.80. The fourth-order valence-electron chi connectivity index (χ4n) is 0.978. The average Bonchev–Trinajstić information content (AvgIpc) is 2.85. The van der Waals surface area contributed by atoms with Gasteiger partial charge in [0.2, 0.25) is 12.2 Å². The van der Waals surface area contributed by atoms with Crippen LogP contribution in [-0.2, 0) is 18.9 Å². The van der Waals surface area contributed by atoms with Crippen molar-refractivity contribution in [2.45, 2.75) is 24.6 Å². The number of rotatable bonds is 0. The third-order valence-electron chi connectivity index (χ3n) is 1.91. The molecule has 0 amide bonds. The van der Waals surface area contributed by atoms with E-state index in [-0.39, 0.29) is 0 Å². The van der Waals surface area contributed by atoms with Crippen molar-refractivity contribution in [3.05, 3.63) is 0 Å². The Balaban J connectivity index is 0.000000200. The summed E-state index contributed by atoms with van der Waals surface area (Å²) in [5.74, 6) is 0. The summed E-state index contributed by atoms with van der Waals surface area (Å²) in [5, 5.41) is 0. The molecule has 2 fully saturated rings. The Morgan fingerprint density at radius 3 is 1.15 bits per heavy atom. The Labute approximate surface area is 106 Å². The van der Waals surface area contributed by atoms with Gasteiger partial charge in [0.25, 0.3) is 0 Å². The number of hydrogen-bond acceptors (Lipinski definition) is 6. The van der Waals surface area contributed by atoms with Gasteiger partial charge in [-0.3, -0.25) is 0 Å². The lowest BCUT2D eigenvalue weighted by molar-refractivity contribution is -0.193. The van der Waals surface area contributed by atoms with E-state index in [1.54, 1.807) is 0 Å². The van der Waals surface area contributed by atoms with Gasteiger partial charge >= 0.3 is 24.7 Å². The van der Waals surface area contributed by atoms with Crippen LogP contribution in [0.2, 0.25) is 0 Å². The molecule has 0 aliphatic carbocycles. The summed E-state index contributed by atoms with van der Waals surface area (Å²) < 4.78 is 84.8. The lowest BCUT2D eigenvalue weighted by Gasteiger charge is -2.09. The molecule has 2 aliphatic rings. The van der Waals surface area contributed by atoms with E-state index in [1.807, 2.05) is 0 Å². The predicted octanol–water partition coefficient (Wildman–Crippen LogP) is 2.17. The maximum atomic E-state index is 11.6. The van der Waals surface area contributed by atoms with Crippen molar-refractivity contribution in [1.82, 2.24) is 0 Å². The van der Waals surface area contributed by atoms with Gasteiger partial charge < -0.3 is 18.9 Å².